The average Bonchev–Trinajstić information content (AvgIpc) is 2.81. The molecule has 3 heteroatoms. The molecule has 3 aromatic carbocycles. The molecule has 0 aromatic heterocycles. The Morgan fingerprint density at radius 2 is 1.27 bits per heavy atom. The number of benzene rings is 3. The van der Waals surface area contributed by atoms with Gasteiger partial charge in [-0.3, -0.25) is 0 Å². The monoisotopic (exact) mass is 401 g/mol. The second kappa shape index (κ2) is 12.8. The predicted octanol–water partition coefficient (Wildman–Crippen LogP) is 5.52. The molecule has 0 aliphatic carbocycles. The maximum absolute atomic E-state index is 6.31. The first-order valence-corrected chi connectivity index (χ1v) is 10.5. The Hall–Kier alpha value is -2.72. The fraction of sp³-hybridized carbons (Fsp3) is 0.259. The largest absolute Gasteiger partial charge is 0.375 e. The second-order valence-electron chi connectivity index (χ2n) is 7.33. The van der Waals surface area contributed by atoms with Crippen LogP contribution < -0.4 is 5.32 Å². The Balaban J connectivity index is 1.62. The third-order valence-electron chi connectivity index (χ3n) is 4.97. The minimum Gasteiger partial charge on any atom is -0.375 e. The molecular weight excluding hydrogens is 370 g/mol. The van der Waals surface area contributed by atoms with E-state index in [2.05, 4.69) is 60.4 Å². The average molecular weight is 402 g/mol. The Kier molecular flexibility index (Phi) is 9.35. The van der Waals surface area contributed by atoms with Crippen LogP contribution in [0, 0.1) is 0 Å². The molecule has 0 radical (unpaired) electrons. The number of ether oxygens (including phenoxy) is 2. The summed E-state index contributed by atoms with van der Waals surface area (Å²) in [7, 11) is 0. The van der Waals surface area contributed by atoms with E-state index in [9.17, 15) is 0 Å². The van der Waals surface area contributed by atoms with Crippen molar-refractivity contribution in [3.8, 4) is 0 Å². The summed E-state index contributed by atoms with van der Waals surface area (Å²) in [6.07, 6.45) is 2.65. The van der Waals surface area contributed by atoms with Crippen LogP contribution in [-0.4, -0.2) is 18.8 Å². The summed E-state index contributed by atoms with van der Waals surface area (Å²) in [5, 5.41) is 3.65. The summed E-state index contributed by atoms with van der Waals surface area (Å²) in [5.74, 6) is 0. The van der Waals surface area contributed by atoms with Gasteiger partial charge in [-0.2, -0.15) is 0 Å². The van der Waals surface area contributed by atoms with Crippen LogP contribution in [0.4, 0.5) is 0 Å². The smallest absolute Gasteiger partial charge is 0.0789 e. The minimum atomic E-state index is -0.0257. The highest BCUT2D eigenvalue weighted by molar-refractivity contribution is 5.15. The van der Waals surface area contributed by atoms with E-state index in [1.807, 2.05) is 48.5 Å². The Morgan fingerprint density at radius 1 is 0.733 bits per heavy atom. The molecule has 0 heterocycles. The van der Waals surface area contributed by atoms with E-state index in [-0.39, 0.29) is 12.1 Å². The van der Waals surface area contributed by atoms with Gasteiger partial charge >= 0.3 is 0 Å². The van der Waals surface area contributed by atoms with Crippen LogP contribution >= 0.6 is 0 Å². The molecule has 0 bridgehead atoms. The fourth-order valence-corrected chi connectivity index (χ4v) is 3.31. The number of rotatable bonds is 13. The van der Waals surface area contributed by atoms with Crippen molar-refractivity contribution in [3.63, 3.8) is 0 Å². The molecule has 0 unspecified atom stereocenters. The van der Waals surface area contributed by atoms with Crippen LogP contribution in [0.15, 0.2) is 104 Å². The molecule has 0 saturated heterocycles. The highest BCUT2D eigenvalue weighted by Crippen LogP contribution is 2.13. The third-order valence-corrected chi connectivity index (χ3v) is 4.97. The maximum Gasteiger partial charge on any atom is 0.0789 e. The van der Waals surface area contributed by atoms with Crippen molar-refractivity contribution in [1.29, 1.82) is 0 Å². The highest BCUT2D eigenvalue weighted by Gasteiger charge is 2.21. The molecule has 0 aliphatic heterocycles. The van der Waals surface area contributed by atoms with E-state index in [1.54, 1.807) is 0 Å². The van der Waals surface area contributed by atoms with E-state index in [0.717, 1.165) is 13.0 Å². The molecule has 0 spiro atoms. The zero-order valence-electron chi connectivity index (χ0n) is 17.5. The molecule has 0 saturated carbocycles. The van der Waals surface area contributed by atoms with Crippen LogP contribution in [0.1, 0.15) is 23.1 Å². The van der Waals surface area contributed by atoms with Crippen LogP contribution in [0.25, 0.3) is 0 Å². The molecular formula is C27H31NO2. The molecule has 3 nitrogen and oxygen atoms in total. The van der Waals surface area contributed by atoms with E-state index in [4.69, 9.17) is 9.47 Å². The molecule has 30 heavy (non-hydrogen) atoms. The Morgan fingerprint density at radius 3 is 1.83 bits per heavy atom. The molecule has 0 amide bonds. The van der Waals surface area contributed by atoms with Crippen LogP contribution in [0.2, 0.25) is 0 Å². The molecule has 156 valence electrons. The van der Waals surface area contributed by atoms with Crippen molar-refractivity contribution in [2.45, 2.75) is 38.3 Å². The van der Waals surface area contributed by atoms with Gasteiger partial charge in [0.2, 0.25) is 0 Å². The van der Waals surface area contributed by atoms with E-state index in [0.29, 0.717) is 19.8 Å². The van der Waals surface area contributed by atoms with Gasteiger partial charge in [0, 0.05) is 6.54 Å². The van der Waals surface area contributed by atoms with E-state index < -0.39 is 0 Å². The first kappa shape index (κ1) is 22.0. The lowest BCUT2D eigenvalue weighted by atomic mass is 10.1. The molecule has 3 aromatic rings. The van der Waals surface area contributed by atoms with Gasteiger partial charge in [0.25, 0.3) is 0 Å². The first-order chi connectivity index (χ1) is 14.8. The molecule has 2 atom stereocenters. The Labute approximate surface area is 180 Å². The standard InChI is InChI=1S/C27H31NO2/c1-2-12-27(30-21-25-17-10-5-11-18-25)26(28-19-23-13-6-3-7-14-23)22-29-20-24-15-8-4-9-16-24/h2-11,13-18,26-28H,1,12,19-22H2/t26-,27-/m0/s1. The lowest BCUT2D eigenvalue weighted by Crippen LogP contribution is -2.44. The van der Waals surface area contributed by atoms with Gasteiger partial charge in [0.1, 0.15) is 0 Å². The van der Waals surface area contributed by atoms with Gasteiger partial charge in [0.15, 0.2) is 0 Å². The van der Waals surface area contributed by atoms with Crippen molar-refractivity contribution < 1.29 is 9.47 Å². The fourth-order valence-electron chi connectivity index (χ4n) is 3.31. The zero-order chi connectivity index (χ0) is 20.9. The van der Waals surface area contributed by atoms with Gasteiger partial charge in [-0.15, -0.1) is 6.58 Å². The third kappa shape index (κ3) is 7.60. The summed E-state index contributed by atoms with van der Waals surface area (Å²) in [6, 6.07) is 31.0. The highest BCUT2D eigenvalue weighted by atomic mass is 16.5. The van der Waals surface area contributed by atoms with Crippen molar-refractivity contribution in [2.75, 3.05) is 6.61 Å². The van der Waals surface area contributed by atoms with Crippen molar-refractivity contribution in [1.82, 2.24) is 5.32 Å². The van der Waals surface area contributed by atoms with Gasteiger partial charge < -0.3 is 14.8 Å². The van der Waals surface area contributed by atoms with Crippen molar-refractivity contribution >= 4 is 0 Å². The molecule has 3 rings (SSSR count). The summed E-state index contributed by atoms with van der Waals surface area (Å²) < 4.78 is 12.4. The van der Waals surface area contributed by atoms with Crippen molar-refractivity contribution in [2.24, 2.45) is 0 Å². The lowest BCUT2D eigenvalue weighted by Gasteiger charge is -2.28. The maximum atomic E-state index is 6.31. The summed E-state index contributed by atoms with van der Waals surface area (Å²) >= 11 is 0. The SMILES string of the molecule is C=CC[C@H](OCc1ccccc1)[C@H](COCc1ccccc1)NCc1ccccc1. The van der Waals surface area contributed by atoms with Gasteiger partial charge in [-0.25, -0.2) is 0 Å². The molecule has 0 fully saturated rings. The summed E-state index contributed by atoms with van der Waals surface area (Å²) in [5.41, 5.74) is 3.58. The van der Waals surface area contributed by atoms with Gasteiger partial charge in [-0.1, -0.05) is 97.1 Å². The quantitative estimate of drug-likeness (QED) is 0.382. The van der Waals surface area contributed by atoms with Gasteiger partial charge in [0.05, 0.1) is 32.0 Å². The lowest BCUT2D eigenvalue weighted by molar-refractivity contribution is -0.0154. The van der Waals surface area contributed by atoms with Crippen molar-refractivity contribution in [3.05, 3.63) is 120 Å². The van der Waals surface area contributed by atoms with E-state index in [1.165, 1.54) is 16.7 Å². The predicted molar refractivity (Wildman–Crippen MR) is 123 cm³/mol. The zero-order valence-corrected chi connectivity index (χ0v) is 17.5. The van der Waals surface area contributed by atoms with Crippen LogP contribution in [-0.2, 0) is 29.2 Å². The summed E-state index contributed by atoms with van der Waals surface area (Å²) in [6.45, 7) is 6.42. The van der Waals surface area contributed by atoms with Crippen LogP contribution in [0.3, 0.4) is 0 Å². The van der Waals surface area contributed by atoms with Crippen LogP contribution in [0.5, 0.6) is 0 Å². The Bertz CT molecular complexity index is 837. The number of hydrogen-bond acceptors (Lipinski definition) is 3. The van der Waals surface area contributed by atoms with Gasteiger partial charge in [-0.05, 0) is 23.1 Å². The first-order valence-electron chi connectivity index (χ1n) is 10.5. The minimum absolute atomic E-state index is 0.0257. The number of nitrogens with one attached hydrogen (secondary N) is 1. The summed E-state index contributed by atoms with van der Waals surface area (Å²) in [4.78, 5) is 0. The molecule has 0 aliphatic rings. The normalized spacial score (nSPS) is 12.9. The van der Waals surface area contributed by atoms with E-state index >= 15 is 0 Å². The molecule has 1 N–H and O–H groups in total. The second-order valence-corrected chi connectivity index (χ2v) is 7.33. The number of hydrogen-bond donors (Lipinski definition) is 1. The topological polar surface area (TPSA) is 30.5 Å².